The predicted molar refractivity (Wildman–Crippen MR) is 95.7 cm³/mol. The van der Waals surface area contributed by atoms with Gasteiger partial charge in [0.05, 0.1) is 11.1 Å². The van der Waals surface area contributed by atoms with Crippen molar-refractivity contribution >= 4 is 22.8 Å². The van der Waals surface area contributed by atoms with Gasteiger partial charge in [-0.05, 0) is 50.1 Å². The van der Waals surface area contributed by atoms with Crippen LogP contribution in [-0.4, -0.2) is 28.2 Å². The molecule has 5 heteroatoms. The van der Waals surface area contributed by atoms with Gasteiger partial charge in [0.25, 0.3) is 5.91 Å². The summed E-state index contributed by atoms with van der Waals surface area (Å²) in [4.78, 5) is 24.3. The number of carboxylic acid groups (broad SMARTS) is 1. The quantitative estimate of drug-likeness (QED) is 0.782. The number of ether oxygens (including phenoxy) is 1. The summed E-state index contributed by atoms with van der Waals surface area (Å²) in [5, 5.41) is 10.0. The third-order valence-electron chi connectivity index (χ3n) is 4.42. The fourth-order valence-corrected chi connectivity index (χ4v) is 2.97. The standard InChI is InChI=1S/C20H19NO4/c1-12-8-9-15(10-13(12)2)25-11-18(22)21-14(3)19(20(23)24)16-6-4-5-7-17(16)21/h4-10H,11H2,1-3H3,(H,23,24). The number of benzene rings is 2. The highest BCUT2D eigenvalue weighted by Crippen LogP contribution is 2.26. The van der Waals surface area contributed by atoms with Crippen LogP contribution in [0.15, 0.2) is 42.5 Å². The number of aromatic nitrogens is 1. The fraction of sp³-hybridized carbons (Fsp3) is 0.200. The Labute approximate surface area is 145 Å². The number of aryl methyl sites for hydroxylation is 2. The number of carbonyl (C=O) groups excluding carboxylic acids is 1. The number of hydrogen-bond donors (Lipinski definition) is 1. The average molecular weight is 337 g/mol. The molecule has 1 aromatic heterocycles. The van der Waals surface area contributed by atoms with Gasteiger partial charge in [0.2, 0.25) is 0 Å². The van der Waals surface area contributed by atoms with Crippen LogP contribution in [0.5, 0.6) is 5.75 Å². The molecule has 0 saturated carbocycles. The highest BCUT2D eigenvalue weighted by atomic mass is 16.5. The Balaban J connectivity index is 1.93. The second kappa shape index (κ2) is 6.43. The zero-order chi connectivity index (χ0) is 18.1. The number of fused-ring (bicyclic) bond motifs is 1. The molecule has 0 radical (unpaired) electrons. The molecule has 0 aliphatic carbocycles. The molecule has 0 unspecified atom stereocenters. The summed E-state index contributed by atoms with van der Waals surface area (Å²) in [6.45, 7) is 5.46. The van der Waals surface area contributed by atoms with Crippen molar-refractivity contribution in [1.29, 1.82) is 0 Å². The maximum absolute atomic E-state index is 12.7. The molecule has 0 saturated heterocycles. The maximum atomic E-state index is 12.7. The molecule has 3 rings (SSSR count). The first-order chi connectivity index (χ1) is 11.9. The van der Waals surface area contributed by atoms with Crippen LogP contribution in [0.25, 0.3) is 10.9 Å². The molecule has 1 heterocycles. The van der Waals surface area contributed by atoms with Gasteiger partial charge in [0.15, 0.2) is 6.61 Å². The van der Waals surface area contributed by atoms with Crippen LogP contribution >= 0.6 is 0 Å². The predicted octanol–water partition coefficient (Wildman–Crippen LogP) is 3.98. The molecule has 0 aliphatic rings. The summed E-state index contributed by atoms with van der Waals surface area (Å²) < 4.78 is 7.03. The first-order valence-corrected chi connectivity index (χ1v) is 7.96. The smallest absolute Gasteiger partial charge is 0.338 e. The Hall–Kier alpha value is -3.08. The molecule has 0 fully saturated rings. The van der Waals surface area contributed by atoms with Gasteiger partial charge in [-0.1, -0.05) is 24.3 Å². The minimum absolute atomic E-state index is 0.148. The Bertz CT molecular complexity index is 985. The Kier molecular flexibility index (Phi) is 4.31. The van der Waals surface area contributed by atoms with E-state index in [0.717, 1.165) is 11.1 Å². The van der Waals surface area contributed by atoms with Gasteiger partial charge in [-0.15, -0.1) is 0 Å². The van der Waals surface area contributed by atoms with Crippen LogP contribution in [-0.2, 0) is 0 Å². The lowest BCUT2D eigenvalue weighted by Crippen LogP contribution is -2.20. The van der Waals surface area contributed by atoms with E-state index >= 15 is 0 Å². The van der Waals surface area contributed by atoms with E-state index in [2.05, 4.69) is 0 Å². The molecule has 0 spiro atoms. The van der Waals surface area contributed by atoms with Crippen molar-refractivity contribution < 1.29 is 19.4 Å². The molecular formula is C20H19NO4. The summed E-state index contributed by atoms with van der Waals surface area (Å²) in [6.07, 6.45) is 0. The Morgan fingerprint density at radius 2 is 1.76 bits per heavy atom. The highest BCUT2D eigenvalue weighted by Gasteiger charge is 2.22. The summed E-state index contributed by atoms with van der Waals surface area (Å²) in [5.74, 6) is -0.737. The number of aromatic carboxylic acids is 1. The van der Waals surface area contributed by atoms with Crippen molar-refractivity contribution in [2.24, 2.45) is 0 Å². The van der Waals surface area contributed by atoms with Gasteiger partial charge in [-0.3, -0.25) is 9.36 Å². The maximum Gasteiger partial charge on any atom is 0.338 e. The highest BCUT2D eigenvalue weighted by molar-refractivity contribution is 6.08. The molecule has 5 nitrogen and oxygen atoms in total. The molecule has 3 aromatic rings. The van der Waals surface area contributed by atoms with Gasteiger partial charge in [-0.2, -0.15) is 0 Å². The zero-order valence-corrected chi connectivity index (χ0v) is 14.4. The molecule has 0 bridgehead atoms. The fourth-order valence-electron chi connectivity index (χ4n) is 2.97. The summed E-state index contributed by atoms with van der Waals surface area (Å²) in [7, 11) is 0. The summed E-state index contributed by atoms with van der Waals surface area (Å²) in [5.41, 5.74) is 3.36. The van der Waals surface area contributed by atoms with Crippen molar-refractivity contribution in [3.8, 4) is 5.75 Å². The van der Waals surface area contributed by atoms with E-state index in [-0.39, 0.29) is 18.1 Å². The summed E-state index contributed by atoms with van der Waals surface area (Å²) in [6, 6.07) is 12.6. The number of para-hydroxylation sites is 1. The van der Waals surface area contributed by atoms with Gasteiger partial charge in [0.1, 0.15) is 5.75 Å². The third kappa shape index (κ3) is 3.01. The zero-order valence-electron chi connectivity index (χ0n) is 14.4. The van der Waals surface area contributed by atoms with Crippen molar-refractivity contribution in [3.63, 3.8) is 0 Å². The van der Waals surface area contributed by atoms with Crippen LogP contribution < -0.4 is 4.74 Å². The SMILES string of the molecule is Cc1ccc(OCC(=O)n2c(C)c(C(=O)O)c3ccccc32)cc1C. The van der Waals surface area contributed by atoms with Gasteiger partial charge < -0.3 is 9.84 Å². The molecule has 0 atom stereocenters. The van der Waals surface area contributed by atoms with Crippen LogP contribution in [0.2, 0.25) is 0 Å². The van der Waals surface area contributed by atoms with E-state index in [4.69, 9.17) is 4.74 Å². The topological polar surface area (TPSA) is 68.5 Å². The molecule has 2 aromatic carbocycles. The summed E-state index contributed by atoms with van der Waals surface area (Å²) >= 11 is 0. The molecule has 1 N–H and O–H groups in total. The van der Waals surface area contributed by atoms with Crippen LogP contribution in [0, 0.1) is 20.8 Å². The Morgan fingerprint density at radius 1 is 1.04 bits per heavy atom. The van der Waals surface area contributed by atoms with E-state index in [1.54, 1.807) is 31.2 Å². The monoisotopic (exact) mass is 337 g/mol. The largest absolute Gasteiger partial charge is 0.484 e. The molecule has 25 heavy (non-hydrogen) atoms. The minimum Gasteiger partial charge on any atom is -0.484 e. The number of hydrogen-bond acceptors (Lipinski definition) is 3. The van der Waals surface area contributed by atoms with Gasteiger partial charge in [-0.25, -0.2) is 4.79 Å². The minimum atomic E-state index is -1.05. The van der Waals surface area contributed by atoms with Gasteiger partial charge in [0, 0.05) is 11.1 Å². The van der Waals surface area contributed by atoms with Crippen molar-refractivity contribution in [2.45, 2.75) is 20.8 Å². The van der Waals surface area contributed by atoms with E-state index < -0.39 is 5.97 Å². The molecule has 0 amide bonds. The van der Waals surface area contributed by atoms with E-state index in [9.17, 15) is 14.7 Å². The van der Waals surface area contributed by atoms with Crippen molar-refractivity contribution in [1.82, 2.24) is 4.57 Å². The van der Waals surface area contributed by atoms with E-state index in [1.807, 2.05) is 32.0 Å². The van der Waals surface area contributed by atoms with Crippen LogP contribution in [0.4, 0.5) is 0 Å². The first kappa shape index (κ1) is 16.8. The average Bonchev–Trinajstić information content (AvgIpc) is 2.87. The number of rotatable bonds is 4. The number of nitrogens with zero attached hydrogens (tertiary/aromatic N) is 1. The number of carboxylic acids is 1. The number of carbonyl (C=O) groups is 2. The van der Waals surface area contributed by atoms with Crippen LogP contribution in [0.3, 0.4) is 0 Å². The van der Waals surface area contributed by atoms with Crippen molar-refractivity contribution in [2.75, 3.05) is 6.61 Å². The van der Waals surface area contributed by atoms with Gasteiger partial charge >= 0.3 is 5.97 Å². The lowest BCUT2D eigenvalue weighted by molar-refractivity contribution is 0.0698. The second-order valence-electron chi connectivity index (χ2n) is 6.05. The lowest BCUT2D eigenvalue weighted by atomic mass is 10.1. The van der Waals surface area contributed by atoms with E-state index in [0.29, 0.717) is 22.3 Å². The third-order valence-corrected chi connectivity index (χ3v) is 4.42. The lowest BCUT2D eigenvalue weighted by Gasteiger charge is -2.10. The molecule has 128 valence electrons. The van der Waals surface area contributed by atoms with Crippen LogP contribution in [0.1, 0.15) is 32.0 Å². The second-order valence-corrected chi connectivity index (χ2v) is 6.05. The Morgan fingerprint density at radius 3 is 2.44 bits per heavy atom. The van der Waals surface area contributed by atoms with Crippen molar-refractivity contribution in [3.05, 3.63) is 64.8 Å². The molecule has 0 aliphatic heterocycles. The molecular weight excluding hydrogens is 318 g/mol. The van der Waals surface area contributed by atoms with E-state index in [1.165, 1.54) is 4.57 Å². The normalized spacial score (nSPS) is 10.8. The first-order valence-electron chi connectivity index (χ1n) is 7.96.